The molecule has 0 saturated heterocycles. The highest BCUT2D eigenvalue weighted by atomic mass is 16.5. The number of likely N-dealkylation sites (N-methyl/N-ethyl adjacent to an activating group) is 1. The van der Waals surface area contributed by atoms with Crippen LogP contribution >= 0.6 is 0 Å². The molecule has 0 aliphatic heterocycles. The van der Waals surface area contributed by atoms with Crippen LogP contribution in [0.1, 0.15) is 31.0 Å². The SMILES string of the molecule is CCN(CC)C(CNC(=O)Cc1ccc(OC)cc1OC)c1cccc(OC)c1. The number of benzene rings is 2. The summed E-state index contributed by atoms with van der Waals surface area (Å²) in [6.07, 6.45) is 0.246. The van der Waals surface area contributed by atoms with Crippen molar-refractivity contribution >= 4 is 5.91 Å². The van der Waals surface area contributed by atoms with Crippen LogP contribution in [0.25, 0.3) is 0 Å². The van der Waals surface area contributed by atoms with Crippen molar-refractivity contribution in [2.45, 2.75) is 26.3 Å². The van der Waals surface area contributed by atoms with Gasteiger partial charge >= 0.3 is 0 Å². The van der Waals surface area contributed by atoms with E-state index in [1.165, 1.54) is 0 Å². The highest BCUT2D eigenvalue weighted by Crippen LogP contribution is 2.26. The van der Waals surface area contributed by atoms with Crippen LogP contribution in [0.2, 0.25) is 0 Å². The predicted octanol–water partition coefficient (Wildman–Crippen LogP) is 3.45. The molecular weight excluding hydrogens is 368 g/mol. The number of hydrogen-bond donors (Lipinski definition) is 1. The third-order valence-corrected chi connectivity index (χ3v) is 5.07. The molecule has 29 heavy (non-hydrogen) atoms. The van der Waals surface area contributed by atoms with Crippen LogP contribution in [-0.4, -0.2) is 51.8 Å². The summed E-state index contributed by atoms with van der Waals surface area (Å²) in [5.74, 6) is 2.11. The van der Waals surface area contributed by atoms with Gasteiger partial charge in [-0.25, -0.2) is 0 Å². The van der Waals surface area contributed by atoms with Crippen molar-refractivity contribution in [1.82, 2.24) is 10.2 Å². The van der Waals surface area contributed by atoms with E-state index in [0.717, 1.165) is 30.0 Å². The van der Waals surface area contributed by atoms with Crippen molar-refractivity contribution in [1.29, 1.82) is 0 Å². The number of rotatable bonds is 11. The van der Waals surface area contributed by atoms with E-state index in [0.29, 0.717) is 18.0 Å². The minimum Gasteiger partial charge on any atom is -0.497 e. The summed E-state index contributed by atoms with van der Waals surface area (Å²) in [4.78, 5) is 15.0. The Hall–Kier alpha value is -2.73. The Morgan fingerprint density at radius 1 is 0.966 bits per heavy atom. The summed E-state index contributed by atoms with van der Waals surface area (Å²) in [5, 5.41) is 3.09. The van der Waals surface area contributed by atoms with E-state index in [-0.39, 0.29) is 18.4 Å². The molecule has 6 heteroatoms. The van der Waals surface area contributed by atoms with Crippen molar-refractivity contribution in [3.05, 3.63) is 53.6 Å². The summed E-state index contributed by atoms with van der Waals surface area (Å²) in [7, 11) is 4.86. The quantitative estimate of drug-likeness (QED) is 0.626. The zero-order valence-corrected chi connectivity index (χ0v) is 18.0. The molecule has 0 fully saturated rings. The van der Waals surface area contributed by atoms with Crippen molar-refractivity contribution in [2.75, 3.05) is 41.0 Å². The lowest BCUT2D eigenvalue weighted by molar-refractivity contribution is -0.120. The van der Waals surface area contributed by atoms with E-state index in [4.69, 9.17) is 14.2 Å². The first kappa shape index (κ1) is 22.6. The Balaban J connectivity index is 2.11. The number of amides is 1. The van der Waals surface area contributed by atoms with Gasteiger partial charge in [0.1, 0.15) is 17.2 Å². The molecule has 158 valence electrons. The van der Waals surface area contributed by atoms with Gasteiger partial charge in [0.25, 0.3) is 0 Å². The van der Waals surface area contributed by atoms with Crippen molar-refractivity contribution < 1.29 is 19.0 Å². The Labute approximate surface area is 173 Å². The van der Waals surface area contributed by atoms with E-state index >= 15 is 0 Å². The fourth-order valence-electron chi connectivity index (χ4n) is 3.41. The van der Waals surface area contributed by atoms with E-state index in [1.54, 1.807) is 27.4 Å². The number of hydrogen-bond acceptors (Lipinski definition) is 5. The largest absolute Gasteiger partial charge is 0.497 e. The topological polar surface area (TPSA) is 60.0 Å². The zero-order valence-electron chi connectivity index (χ0n) is 18.0. The number of carbonyl (C=O) groups is 1. The third kappa shape index (κ3) is 6.12. The van der Waals surface area contributed by atoms with Gasteiger partial charge < -0.3 is 19.5 Å². The Morgan fingerprint density at radius 2 is 1.66 bits per heavy atom. The van der Waals surface area contributed by atoms with Gasteiger partial charge in [-0.2, -0.15) is 0 Å². The highest BCUT2D eigenvalue weighted by molar-refractivity contribution is 5.79. The van der Waals surface area contributed by atoms with Gasteiger partial charge in [0.15, 0.2) is 0 Å². The third-order valence-electron chi connectivity index (χ3n) is 5.07. The Morgan fingerprint density at radius 3 is 2.28 bits per heavy atom. The number of carbonyl (C=O) groups excluding carboxylic acids is 1. The van der Waals surface area contributed by atoms with Crippen LogP contribution < -0.4 is 19.5 Å². The second kappa shape index (κ2) is 11.3. The molecule has 0 radical (unpaired) electrons. The zero-order chi connectivity index (χ0) is 21.2. The summed E-state index contributed by atoms with van der Waals surface area (Å²) in [6.45, 7) is 6.55. The highest BCUT2D eigenvalue weighted by Gasteiger charge is 2.20. The monoisotopic (exact) mass is 400 g/mol. The standard InChI is InChI=1S/C23H32N2O4/c1-6-25(7-2)21(17-9-8-10-19(13-17)27-3)16-24-23(26)14-18-11-12-20(28-4)15-22(18)29-5/h8-13,15,21H,6-7,14,16H2,1-5H3,(H,24,26). The van der Waals surface area contributed by atoms with Crippen LogP contribution in [0.15, 0.2) is 42.5 Å². The van der Waals surface area contributed by atoms with Gasteiger partial charge in [-0.1, -0.05) is 32.0 Å². The molecule has 2 aromatic carbocycles. The van der Waals surface area contributed by atoms with Crippen LogP contribution in [0, 0.1) is 0 Å². The molecule has 1 N–H and O–H groups in total. The first-order chi connectivity index (χ1) is 14.1. The molecular formula is C23H32N2O4. The average Bonchev–Trinajstić information content (AvgIpc) is 2.76. The van der Waals surface area contributed by atoms with E-state index in [1.807, 2.05) is 30.3 Å². The van der Waals surface area contributed by atoms with Crippen LogP contribution in [0.5, 0.6) is 17.2 Å². The van der Waals surface area contributed by atoms with Gasteiger partial charge in [-0.05, 0) is 36.9 Å². The van der Waals surface area contributed by atoms with Crippen LogP contribution in [0.4, 0.5) is 0 Å². The first-order valence-electron chi connectivity index (χ1n) is 9.91. The van der Waals surface area contributed by atoms with Crippen LogP contribution in [0.3, 0.4) is 0 Å². The number of ether oxygens (including phenoxy) is 3. The molecule has 0 saturated carbocycles. The van der Waals surface area contributed by atoms with Crippen molar-refractivity contribution in [2.24, 2.45) is 0 Å². The number of methoxy groups -OCH3 is 3. The Bertz CT molecular complexity index is 790. The summed E-state index contributed by atoms with van der Waals surface area (Å²) >= 11 is 0. The molecule has 2 aromatic rings. The van der Waals surface area contributed by atoms with Crippen molar-refractivity contribution in [3.63, 3.8) is 0 Å². The molecule has 1 amide bonds. The molecule has 1 atom stereocenters. The molecule has 2 rings (SSSR count). The molecule has 0 heterocycles. The lowest BCUT2D eigenvalue weighted by atomic mass is 10.0. The fourth-order valence-corrected chi connectivity index (χ4v) is 3.41. The number of nitrogens with zero attached hydrogens (tertiary/aromatic N) is 1. The molecule has 0 bridgehead atoms. The molecule has 1 unspecified atom stereocenters. The number of nitrogens with one attached hydrogen (secondary N) is 1. The van der Waals surface area contributed by atoms with Crippen molar-refractivity contribution in [3.8, 4) is 17.2 Å². The maximum absolute atomic E-state index is 12.7. The normalized spacial score (nSPS) is 11.8. The maximum Gasteiger partial charge on any atom is 0.224 e. The minimum absolute atomic E-state index is 0.0477. The van der Waals surface area contributed by atoms with Gasteiger partial charge in [-0.3, -0.25) is 9.69 Å². The van der Waals surface area contributed by atoms with Gasteiger partial charge in [0.05, 0.1) is 33.8 Å². The molecule has 0 spiro atoms. The summed E-state index contributed by atoms with van der Waals surface area (Å²) < 4.78 is 16.0. The molecule has 0 aliphatic carbocycles. The smallest absolute Gasteiger partial charge is 0.224 e. The minimum atomic E-state index is -0.0477. The fraction of sp³-hybridized carbons (Fsp3) is 0.435. The molecule has 0 aliphatic rings. The second-order valence-electron chi connectivity index (χ2n) is 6.67. The van der Waals surface area contributed by atoms with E-state index in [9.17, 15) is 4.79 Å². The predicted molar refractivity (Wildman–Crippen MR) is 115 cm³/mol. The second-order valence-corrected chi connectivity index (χ2v) is 6.67. The van der Waals surface area contributed by atoms with E-state index in [2.05, 4.69) is 30.1 Å². The summed E-state index contributed by atoms with van der Waals surface area (Å²) in [6, 6.07) is 13.6. The lowest BCUT2D eigenvalue weighted by Gasteiger charge is -2.30. The Kier molecular flexibility index (Phi) is 8.80. The average molecular weight is 401 g/mol. The first-order valence-corrected chi connectivity index (χ1v) is 9.91. The van der Waals surface area contributed by atoms with Crippen LogP contribution in [-0.2, 0) is 11.2 Å². The van der Waals surface area contributed by atoms with Gasteiger partial charge in [0.2, 0.25) is 5.91 Å². The van der Waals surface area contributed by atoms with Gasteiger partial charge in [-0.15, -0.1) is 0 Å². The lowest BCUT2D eigenvalue weighted by Crippen LogP contribution is -2.38. The summed E-state index contributed by atoms with van der Waals surface area (Å²) in [5.41, 5.74) is 1.95. The van der Waals surface area contributed by atoms with Gasteiger partial charge in [0, 0.05) is 18.2 Å². The maximum atomic E-state index is 12.7. The molecule has 0 aromatic heterocycles. The molecule has 6 nitrogen and oxygen atoms in total. The van der Waals surface area contributed by atoms with E-state index < -0.39 is 0 Å².